The third-order valence-electron chi connectivity index (χ3n) is 6.05. The SMILES string of the molecule is CCc1ccc(N2C[C@H](C(=O)Nc3ccc(C(=O)Nn4c(C)ccc4C)cc3)CC2=O)cc1. The predicted molar refractivity (Wildman–Crippen MR) is 129 cm³/mol. The molecule has 2 N–H and O–H groups in total. The molecule has 0 saturated carbocycles. The van der Waals surface area contributed by atoms with Crippen LogP contribution in [-0.2, 0) is 16.0 Å². The highest BCUT2D eigenvalue weighted by atomic mass is 16.2. The number of benzene rings is 2. The van der Waals surface area contributed by atoms with Gasteiger partial charge < -0.3 is 10.2 Å². The van der Waals surface area contributed by atoms with E-state index in [4.69, 9.17) is 0 Å². The molecule has 0 spiro atoms. The zero-order valence-corrected chi connectivity index (χ0v) is 19.1. The quantitative estimate of drug-likeness (QED) is 0.602. The molecule has 0 radical (unpaired) electrons. The molecule has 2 heterocycles. The highest BCUT2D eigenvalue weighted by Gasteiger charge is 2.35. The zero-order valence-electron chi connectivity index (χ0n) is 19.1. The van der Waals surface area contributed by atoms with Crippen LogP contribution in [0.15, 0.2) is 60.7 Å². The lowest BCUT2D eigenvalue weighted by molar-refractivity contribution is -0.122. The smallest absolute Gasteiger partial charge is 0.270 e. The molecule has 0 unspecified atom stereocenters. The molecule has 0 aliphatic carbocycles. The van der Waals surface area contributed by atoms with Crippen LogP contribution in [0.4, 0.5) is 11.4 Å². The van der Waals surface area contributed by atoms with E-state index in [1.54, 1.807) is 33.8 Å². The summed E-state index contributed by atoms with van der Waals surface area (Å²) in [5, 5.41) is 2.87. The van der Waals surface area contributed by atoms with Crippen molar-refractivity contribution in [3.05, 3.63) is 83.2 Å². The van der Waals surface area contributed by atoms with Crippen molar-refractivity contribution >= 4 is 29.1 Å². The van der Waals surface area contributed by atoms with Crippen molar-refractivity contribution in [3.8, 4) is 0 Å². The molecule has 7 nitrogen and oxygen atoms in total. The van der Waals surface area contributed by atoms with Gasteiger partial charge in [0.1, 0.15) is 0 Å². The van der Waals surface area contributed by atoms with E-state index in [9.17, 15) is 14.4 Å². The minimum Gasteiger partial charge on any atom is -0.326 e. The fourth-order valence-electron chi connectivity index (χ4n) is 4.00. The first-order valence-electron chi connectivity index (χ1n) is 11.1. The first-order valence-corrected chi connectivity index (χ1v) is 11.1. The Balaban J connectivity index is 1.36. The minimum absolute atomic E-state index is 0.0537. The molecule has 2 aromatic carbocycles. The van der Waals surface area contributed by atoms with E-state index in [0.717, 1.165) is 23.5 Å². The Kier molecular flexibility index (Phi) is 6.31. The number of hydrogen-bond donors (Lipinski definition) is 2. The van der Waals surface area contributed by atoms with Gasteiger partial charge in [0, 0.05) is 41.3 Å². The molecule has 4 rings (SSSR count). The van der Waals surface area contributed by atoms with Gasteiger partial charge in [0.15, 0.2) is 0 Å². The average Bonchev–Trinajstić information content (AvgIpc) is 3.36. The Hall–Kier alpha value is -3.87. The summed E-state index contributed by atoms with van der Waals surface area (Å²) in [6, 6.07) is 18.5. The van der Waals surface area contributed by atoms with Crippen molar-refractivity contribution in [2.75, 3.05) is 22.2 Å². The summed E-state index contributed by atoms with van der Waals surface area (Å²) in [6.45, 7) is 6.27. The summed E-state index contributed by atoms with van der Waals surface area (Å²) in [7, 11) is 0. The molecule has 0 bridgehead atoms. The first kappa shape index (κ1) is 22.3. The van der Waals surface area contributed by atoms with Crippen molar-refractivity contribution < 1.29 is 14.4 Å². The van der Waals surface area contributed by atoms with Gasteiger partial charge in [-0.2, -0.15) is 0 Å². The van der Waals surface area contributed by atoms with E-state index < -0.39 is 5.92 Å². The zero-order chi connectivity index (χ0) is 23.5. The van der Waals surface area contributed by atoms with E-state index in [0.29, 0.717) is 17.8 Å². The molecule has 1 aliphatic heterocycles. The van der Waals surface area contributed by atoms with E-state index in [1.807, 2.05) is 50.2 Å². The maximum Gasteiger partial charge on any atom is 0.270 e. The summed E-state index contributed by atoms with van der Waals surface area (Å²) in [5.74, 6) is -0.916. The summed E-state index contributed by atoms with van der Waals surface area (Å²) in [6.07, 6.45) is 1.11. The van der Waals surface area contributed by atoms with Gasteiger partial charge in [-0.15, -0.1) is 0 Å². The van der Waals surface area contributed by atoms with E-state index in [2.05, 4.69) is 17.7 Å². The van der Waals surface area contributed by atoms with Crippen molar-refractivity contribution in [1.82, 2.24) is 4.68 Å². The standard InChI is InChI=1S/C26H28N4O3/c1-4-19-7-13-23(14-8-19)29-16-21(15-24(29)31)25(32)27-22-11-9-20(10-12-22)26(33)28-30-17(2)5-6-18(30)3/h5-14,21H,4,15-16H2,1-3H3,(H,27,32)(H,28,33)/t21-/m1/s1. The van der Waals surface area contributed by atoms with Gasteiger partial charge in [0.25, 0.3) is 5.91 Å². The lowest BCUT2D eigenvalue weighted by Gasteiger charge is -2.17. The second kappa shape index (κ2) is 9.32. The number of rotatable bonds is 6. The Labute approximate surface area is 193 Å². The maximum absolute atomic E-state index is 12.8. The number of carbonyl (C=O) groups excluding carboxylic acids is 3. The van der Waals surface area contributed by atoms with Crippen LogP contribution in [0.5, 0.6) is 0 Å². The van der Waals surface area contributed by atoms with Crippen LogP contribution in [-0.4, -0.2) is 28.9 Å². The fourth-order valence-corrected chi connectivity index (χ4v) is 4.00. The fraction of sp³-hybridized carbons (Fsp3) is 0.269. The Bertz CT molecular complexity index is 1160. The van der Waals surface area contributed by atoms with E-state index in [1.165, 1.54) is 5.56 Å². The number of carbonyl (C=O) groups is 3. The summed E-state index contributed by atoms with van der Waals surface area (Å²) in [5.41, 5.74) is 7.82. The summed E-state index contributed by atoms with van der Waals surface area (Å²) >= 11 is 0. The van der Waals surface area contributed by atoms with Gasteiger partial charge in [-0.1, -0.05) is 19.1 Å². The Morgan fingerprint density at radius 3 is 2.18 bits per heavy atom. The van der Waals surface area contributed by atoms with Crippen LogP contribution in [0.25, 0.3) is 0 Å². The molecule has 170 valence electrons. The minimum atomic E-state index is -0.425. The second-order valence-corrected chi connectivity index (χ2v) is 8.38. The van der Waals surface area contributed by atoms with Crippen molar-refractivity contribution in [3.63, 3.8) is 0 Å². The maximum atomic E-state index is 12.8. The Morgan fingerprint density at radius 2 is 1.58 bits per heavy atom. The first-order chi connectivity index (χ1) is 15.9. The Morgan fingerprint density at radius 1 is 0.939 bits per heavy atom. The topological polar surface area (TPSA) is 83.4 Å². The number of nitrogens with zero attached hydrogens (tertiary/aromatic N) is 2. The molecule has 3 aromatic rings. The number of aromatic nitrogens is 1. The predicted octanol–water partition coefficient (Wildman–Crippen LogP) is 4.04. The molecule has 1 aliphatic rings. The molecular weight excluding hydrogens is 416 g/mol. The molecule has 1 saturated heterocycles. The van der Waals surface area contributed by atoms with Crippen LogP contribution in [0.2, 0.25) is 0 Å². The molecule has 7 heteroatoms. The van der Waals surface area contributed by atoms with E-state index >= 15 is 0 Å². The lowest BCUT2D eigenvalue weighted by atomic mass is 10.1. The largest absolute Gasteiger partial charge is 0.326 e. The van der Waals surface area contributed by atoms with Gasteiger partial charge in [0.2, 0.25) is 11.8 Å². The van der Waals surface area contributed by atoms with Crippen LogP contribution >= 0.6 is 0 Å². The van der Waals surface area contributed by atoms with Crippen LogP contribution in [0.3, 0.4) is 0 Å². The lowest BCUT2D eigenvalue weighted by Crippen LogP contribution is -2.28. The van der Waals surface area contributed by atoms with Crippen molar-refractivity contribution in [1.29, 1.82) is 0 Å². The van der Waals surface area contributed by atoms with Crippen LogP contribution in [0, 0.1) is 19.8 Å². The number of nitrogens with one attached hydrogen (secondary N) is 2. The monoisotopic (exact) mass is 444 g/mol. The van der Waals surface area contributed by atoms with Gasteiger partial charge in [-0.25, -0.2) is 0 Å². The molecular formula is C26H28N4O3. The van der Waals surface area contributed by atoms with E-state index in [-0.39, 0.29) is 24.1 Å². The van der Waals surface area contributed by atoms with Gasteiger partial charge in [-0.05, 0) is 74.4 Å². The molecule has 3 amide bonds. The van der Waals surface area contributed by atoms with Crippen molar-refractivity contribution in [2.24, 2.45) is 5.92 Å². The third kappa shape index (κ3) is 4.82. The van der Waals surface area contributed by atoms with Crippen LogP contribution in [0.1, 0.15) is 40.7 Å². The number of amides is 3. The third-order valence-corrected chi connectivity index (χ3v) is 6.05. The number of anilines is 2. The molecule has 1 aromatic heterocycles. The summed E-state index contributed by atoms with van der Waals surface area (Å²) in [4.78, 5) is 39.5. The number of aryl methyl sites for hydroxylation is 3. The van der Waals surface area contributed by atoms with Gasteiger partial charge >= 0.3 is 0 Å². The van der Waals surface area contributed by atoms with Crippen LogP contribution < -0.4 is 15.6 Å². The molecule has 1 fully saturated rings. The van der Waals surface area contributed by atoms with Gasteiger partial charge in [0.05, 0.1) is 5.92 Å². The average molecular weight is 445 g/mol. The molecule has 1 atom stereocenters. The highest BCUT2D eigenvalue weighted by Crippen LogP contribution is 2.26. The summed E-state index contributed by atoms with van der Waals surface area (Å²) < 4.78 is 1.73. The highest BCUT2D eigenvalue weighted by molar-refractivity contribution is 6.04. The van der Waals surface area contributed by atoms with Crippen molar-refractivity contribution in [2.45, 2.75) is 33.6 Å². The number of hydrogen-bond acceptors (Lipinski definition) is 3. The normalized spacial score (nSPS) is 15.5. The van der Waals surface area contributed by atoms with Gasteiger partial charge in [-0.3, -0.25) is 24.5 Å². The second-order valence-electron chi connectivity index (χ2n) is 8.38. The molecule has 33 heavy (non-hydrogen) atoms.